The molecule has 0 unspecified atom stereocenters. The summed E-state index contributed by atoms with van der Waals surface area (Å²) in [4.78, 5) is 37.0. The van der Waals surface area contributed by atoms with E-state index in [0.29, 0.717) is 28.9 Å². The first-order chi connectivity index (χ1) is 13.9. The number of H-pyrrole nitrogens is 1. The van der Waals surface area contributed by atoms with Gasteiger partial charge in [0.15, 0.2) is 0 Å². The first kappa shape index (κ1) is 19.8. The number of nitrogens with zero attached hydrogens (tertiary/aromatic N) is 1. The van der Waals surface area contributed by atoms with Gasteiger partial charge in [-0.2, -0.15) is 0 Å². The van der Waals surface area contributed by atoms with Crippen LogP contribution in [0.3, 0.4) is 0 Å². The Hall–Kier alpha value is -3.94. The summed E-state index contributed by atoms with van der Waals surface area (Å²) in [6.07, 6.45) is 0.308. The minimum atomic E-state index is -0.619. The normalized spacial score (nSPS) is 10.4. The molecule has 29 heavy (non-hydrogen) atoms. The molecule has 1 heterocycles. The van der Waals surface area contributed by atoms with Gasteiger partial charge in [0.05, 0.1) is 19.1 Å². The Bertz CT molecular complexity index is 1140. The molecule has 0 saturated carbocycles. The Morgan fingerprint density at radius 1 is 1.10 bits per heavy atom. The molecule has 0 bridgehead atoms. The summed E-state index contributed by atoms with van der Waals surface area (Å²) >= 11 is 0. The summed E-state index contributed by atoms with van der Waals surface area (Å²) in [5.41, 5.74) is 2.25. The molecule has 148 valence electrons. The fourth-order valence-electron chi connectivity index (χ4n) is 2.97. The van der Waals surface area contributed by atoms with Gasteiger partial charge in [-0.25, -0.2) is 4.79 Å². The van der Waals surface area contributed by atoms with Crippen LogP contribution in [0.25, 0.3) is 11.1 Å². The van der Waals surface area contributed by atoms with E-state index < -0.39 is 10.9 Å². The van der Waals surface area contributed by atoms with Gasteiger partial charge in [0, 0.05) is 29.7 Å². The van der Waals surface area contributed by atoms with Crippen molar-refractivity contribution in [1.82, 2.24) is 4.98 Å². The molecule has 1 aromatic heterocycles. The Balaban J connectivity index is 1.97. The summed E-state index contributed by atoms with van der Waals surface area (Å²) < 4.78 is 9.99. The van der Waals surface area contributed by atoms with Crippen molar-refractivity contribution in [2.75, 3.05) is 14.2 Å². The number of hydrogen-bond donors (Lipinski definition) is 1. The standard InChI is InChI=1S/C21H18N2O6/c1-28-19-9-6-13(10-15-7-8-18(21(25)29-2)22-20(15)24)11-17(19)14-4-3-5-16(12-14)23(26)27/h3-9,11-12H,10H2,1-2H3,(H,22,24). The zero-order chi connectivity index (χ0) is 21.0. The molecule has 0 amide bonds. The smallest absolute Gasteiger partial charge is 0.354 e. The van der Waals surface area contributed by atoms with Gasteiger partial charge in [-0.05, 0) is 29.3 Å². The number of nitro groups is 1. The number of aromatic nitrogens is 1. The molecule has 0 aliphatic rings. The first-order valence-electron chi connectivity index (χ1n) is 8.65. The van der Waals surface area contributed by atoms with Crippen molar-refractivity contribution in [3.63, 3.8) is 0 Å². The lowest BCUT2D eigenvalue weighted by molar-refractivity contribution is -0.384. The van der Waals surface area contributed by atoms with Crippen molar-refractivity contribution in [1.29, 1.82) is 0 Å². The quantitative estimate of drug-likeness (QED) is 0.390. The number of esters is 1. The summed E-state index contributed by atoms with van der Waals surface area (Å²) in [5.74, 6) is -0.0600. The zero-order valence-corrected chi connectivity index (χ0v) is 15.8. The second-order valence-corrected chi connectivity index (χ2v) is 6.24. The molecule has 3 aromatic rings. The maximum Gasteiger partial charge on any atom is 0.354 e. The lowest BCUT2D eigenvalue weighted by Gasteiger charge is -2.11. The van der Waals surface area contributed by atoms with Gasteiger partial charge in [0.25, 0.3) is 11.2 Å². The maximum atomic E-state index is 12.3. The molecular weight excluding hydrogens is 376 g/mol. The van der Waals surface area contributed by atoms with Crippen LogP contribution in [0.15, 0.2) is 59.4 Å². The Labute approximate surface area is 165 Å². The van der Waals surface area contributed by atoms with Crippen molar-refractivity contribution < 1.29 is 19.2 Å². The van der Waals surface area contributed by atoms with E-state index in [2.05, 4.69) is 9.72 Å². The molecule has 0 aliphatic carbocycles. The number of benzene rings is 2. The summed E-state index contributed by atoms with van der Waals surface area (Å²) in [5, 5.41) is 11.1. The number of carbonyl (C=O) groups is 1. The third-order valence-electron chi connectivity index (χ3n) is 4.42. The molecular formula is C21H18N2O6. The van der Waals surface area contributed by atoms with E-state index in [9.17, 15) is 19.7 Å². The van der Waals surface area contributed by atoms with E-state index in [1.54, 1.807) is 24.3 Å². The van der Waals surface area contributed by atoms with Crippen LogP contribution in [0.4, 0.5) is 5.69 Å². The van der Waals surface area contributed by atoms with Crippen LogP contribution in [0.5, 0.6) is 5.75 Å². The topological polar surface area (TPSA) is 112 Å². The molecule has 0 aliphatic heterocycles. The van der Waals surface area contributed by atoms with E-state index in [1.807, 2.05) is 12.1 Å². The predicted molar refractivity (Wildman–Crippen MR) is 106 cm³/mol. The number of aromatic amines is 1. The highest BCUT2D eigenvalue weighted by Gasteiger charge is 2.13. The van der Waals surface area contributed by atoms with Crippen LogP contribution >= 0.6 is 0 Å². The summed E-state index contributed by atoms with van der Waals surface area (Å²) in [7, 11) is 2.76. The monoisotopic (exact) mass is 394 g/mol. The molecule has 0 radical (unpaired) electrons. The number of pyridine rings is 1. The Kier molecular flexibility index (Phi) is 5.73. The second-order valence-electron chi connectivity index (χ2n) is 6.24. The largest absolute Gasteiger partial charge is 0.496 e. The fraction of sp³-hybridized carbons (Fsp3) is 0.143. The second kappa shape index (κ2) is 8.39. The number of methoxy groups -OCH3 is 2. The Morgan fingerprint density at radius 2 is 1.90 bits per heavy atom. The van der Waals surface area contributed by atoms with Crippen LogP contribution in [0.1, 0.15) is 21.6 Å². The van der Waals surface area contributed by atoms with Crippen LogP contribution in [-0.2, 0) is 11.2 Å². The van der Waals surface area contributed by atoms with E-state index in [1.165, 1.54) is 32.4 Å². The number of rotatable bonds is 6. The zero-order valence-electron chi connectivity index (χ0n) is 15.8. The molecule has 8 nitrogen and oxygen atoms in total. The van der Waals surface area contributed by atoms with Gasteiger partial charge in [0.1, 0.15) is 11.4 Å². The minimum Gasteiger partial charge on any atom is -0.496 e. The van der Waals surface area contributed by atoms with Gasteiger partial charge in [-0.3, -0.25) is 14.9 Å². The van der Waals surface area contributed by atoms with Gasteiger partial charge in [-0.1, -0.05) is 24.3 Å². The van der Waals surface area contributed by atoms with E-state index in [-0.39, 0.29) is 16.9 Å². The van der Waals surface area contributed by atoms with E-state index in [0.717, 1.165) is 5.56 Å². The average Bonchev–Trinajstić information content (AvgIpc) is 2.74. The average molecular weight is 394 g/mol. The van der Waals surface area contributed by atoms with Crippen LogP contribution in [0.2, 0.25) is 0 Å². The minimum absolute atomic E-state index is 0.0233. The Morgan fingerprint density at radius 3 is 2.55 bits per heavy atom. The highest BCUT2D eigenvalue weighted by Crippen LogP contribution is 2.33. The molecule has 3 rings (SSSR count). The molecule has 0 atom stereocenters. The van der Waals surface area contributed by atoms with Crippen molar-refractivity contribution in [2.45, 2.75) is 6.42 Å². The molecule has 0 fully saturated rings. The lowest BCUT2D eigenvalue weighted by Crippen LogP contribution is -2.17. The fourth-order valence-corrected chi connectivity index (χ4v) is 2.97. The molecule has 8 heteroatoms. The predicted octanol–water partition coefficient (Wildman–Crippen LogP) is 3.34. The van der Waals surface area contributed by atoms with Gasteiger partial charge in [0.2, 0.25) is 0 Å². The number of nitrogens with one attached hydrogen (secondary N) is 1. The van der Waals surface area contributed by atoms with Gasteiger partial charge < -0.3 is 14.5 Å². The van der Waals surface area contributed by atoms with Crippen LogP contribution in [-0.4, -0.2) is 30.1 Å². The first-order valence-corrected chi connectivity index (χ1v) is 8.65. The SMILES string of the molecule is COC(=O)c1ccc(Cc2ccc(OC)c(-c3cccc([N+](=O)[O-])c3)c2)c(=O)[nH]1. The number of carbonyl (C=O) groups excluding carboxylic acids is 1. The number of hydrogen-bond acceptors (Lipinski definition) is 6. The number of ether oxygens (including phenoxy) is 2. The third-order valence-corrected chi connectivity index (χ3v) is 4.42. The summed E-state index contributed by atoms with van der Waals surface area (Å²) in [6.45, 7) is 0. The molecule has 0 saturated heterocycles. The number of non-ortho nitro benzene ring substituents is 1. The van der Waals surface area contributed by atoms with Gasteiger partial charge >= 0.3 is 5.97 Å². The lowest BCUT2D eigenvalue weighted by atomic mass is 9.98. The molecule has 1 N–H and O–H groups in total. The van der Waals surface area contributed by atoms with Crippen LogP contribution in [0, 0.1) is 10.1 Å². The molecule has 2 aromatic carbocycles. The summed E-state index contributed by atoms with van der Waals surface area (Å²) in [6, 6.07) is 14.7. The van der Waals surface area contributed by atoms with E-state index >= 15 is 0 Å². The highest BCUT2D eigenvalue weighted by molar-refractivity contribution is 5.87. The molecule has 0 spiro atoms. The number of nitro benzene ring substituents is 1. The van der Waals surface area contributed by atoms with Crippen molar-refractivity contribution in [3.05, 3.63) is 91.9 Å². The van der Waals surface area contributed by atoms with E-state index in [4.69, 9.17) is 4.74 Å². The van der Waals surface area contributed by atoms with Crippen molar-refractivity contribution in [3.8, 4) is 16.9 Å². The van der Waals surface area contributed by atoms with Crippen molar-refractivity contribution in [2.24, 2.45) is 0 Å². The highest BCUT2D eigenvalue weighted by atomic mass is 16.6. The maximum absolute atomic E-state index is 12.3. The third kappa shape index (κ3) is 4.32. The van der Waals surface area contributed by atoms with Gasteiger partial charge in [-0.15, -0.1) is 0 Å². The van der Waals surface area contributed by atoms with Crippen LogP contribution < -0.4 is 10.3 Å². The van der Waals surface area contributed by atoms with Crippen molar-refractivity contribution >= 4 is 11.7 Å².